The molecule has 0 atom stereocenters. The van der Waals surface area contributed by atoms with Crippen molar-refractivity contribution in [3.05, 3.63) is 62.4 Å². The Morgan fingerprint density at radius 1 is 1.11 bits per heavy atom. The van der Waals surface area contributed by atoms with Crippen LogP contribution >= 0.6 is 0 Å². The van der Waals surface area contributed by atoms with E-state index in [0.29, 0.717) is 5.39 Å². The number of hydrogen-bond acceptors (Lipinski definition) is 5. The Bertz CT molecular complexity index is 565. The minimum Gasteiger partial charge on any atom is -0.444 e. The molecular weight excluding hydrogens is 254 g/mol. The predicted molar refractivity (Wildman–Crippen MR) is 59.7 cm³/mol. The molecule has 0 aliphatic rings. The molecule has 8 heteroatoms. The maximum Gasteiger partial charge on any atom is 1.00 e. The molecule has 0 saturated heterocycles. The van der Waals surface area contributed by atoms with E-state index in [9.17, 15) is 14.5 Å². The molecule has 88 valence electrons. The average Bonchev–Trinajstić information content (AvgIpc) is 2.30. The van der Waals surface area contributed by atoms with Crippen LogP contribution in [0.4, 0.5) is 10.1 Å². The van der Waals surface area contributed by atoms with Crippen LogP contribution in [-0.2, 0) is 0 Å². The molecular formula is C10H6FN2NaO4. The van der Waals surface area contributed by atoms with E-state index in [1.165, 1.54) is 36.4 Å². The number of fused-ring (bicyclic) bond motifs is 1. The van der Waals surface area contributed by atoms with Crippen molar-refractivity contribution in [3.8, 4) is 0 Å². The van der Waals surface area contributed by atoms with Crippen molar-refractivity contribution in [3.63, 3.8) is 0 Å². The largest absolute Gasteiger partial charge is 1.00 e. The second kappa shape index (κ2) is 7.70. The first-order chi connectivity index (χ1) is 8.11. The third-order valence-corrected chi connectivity index (χ3v) is 2.04. The Morgan fingerprint density at radius 3 is 2.17 bits per heavy atom. The molecule has 2 rings (SSSR count). The summed E-state index contributed by atoms with van der Waals surface area (Å²) in [5, 5.41) is 20.2. The van der Waals surface area contributed by atoms with Crippen molar-refractivity contribution in [2.45, 2.75) is 0 Å². The summed E-state index contributed by atoms with van der Waals surface area (Å²) in [4.78, 5) is 18.1. The fourth-order valence-electron chi connectivity index (χ4n) is 1.41. The average molecular weight is 260 g/mol. The van der Waals surface area contributed by atoms with Gasteiger partial charge in [0.05, 0.1) is 10.3 Å². The van der Waals surface area contributed by atoms with Crippen molar-refractivity contribution in [1.29, 1.82) is 0 Å². The zero-order chi connectivity index (χ0) is 12.8. The number of hydrogen-bond donors (Lipinski definition) is 0. The number of benzene rings is 2. The maximum atomic E-state index is 13.2. The first-order valence-corrected chi connectivity index (χ1v) is 4.38. The molecule has 2 aromatic rings. The first kappa shape index (κ1) is 16.4. The van der Waals surface area contributed by atoms with Gasteiger partial charge in [0, 0.05) is 11.5 Å². The molecule has 0 amide bonds. The quantitative estimate of drug-likeness (QED) is 0.315. The van der Waals surface area contributed by atoms with Crippen LogP contribution in [0.3, 0.4) is 0 Å². The van der Waals surface area contributed by atoms with Crippen molar-refractivity contribution in [2.75, 3.05) is 0 Å². The third-order valence-electron chi connectivity index (χ3n) is 2.04. The molecule has 0 saturated carbocycles. The van der Waals surface area contributed by atoms with E-state index in [1.807, 2.05) is 0 Å². The van der Waals surface area contributed by atoms with Gasteiger partial charge in [0.25, 0.3) is 5.69 Å². The Labute approximate surface area is 123 Å². The molecule has 0 bridgehead atoms. The molecule has 0 spiro atoms. The minimum atomic E-state index is -0.512. The number of non-ortho nitro benzene ring substituents is 1. The molecule has 0 aromatic heterocycles. The van der Waals surface area contributed by atoms with Crippen LogP contribution in [0.1, 0.15) is 0 Å². The van der Waals surface area contributed by atoms with Crippen LogP contribution in [-0.4, -0.2) is 4.92 Å². The molecule has 0 aliphatic heterocycles. The van der Waals surface area contributed by atoms with Crippen LogP contribution in [0.15, 0.2) is 41.7 Å². The summed E-state index contributed by atoms with van der Waals surface area (Å²) in [6.07, 6.45) is 0. The minimum absolute atomic E-state index is 0. The molecule has 0 aliphatic carbocycles. The smallest absolute Gasteiger partial charge is 0.444 e. The van der Waals surface area contributed by atoms with Crippen molar-refractivity contribution in [2.24, 2.45) is 5.34 Å². The number of nitrogens with zero attached hydrogens (tertiary/aromatic N) is 2. The maximum absolute atomic E-state index is 13.2. The van der Waals surface area contributed by atoms with Gasteiger partial charge in [-0.25, -0.2) is 4.39 Å². The predicted octanol–water partition coefficient (Wildman–Crippen LogP) is 0.142. The third kappa shape index (κ3) is 3.73. The summed E-state index contributed by atoms with van der Waals surface area (Å²) in [6.45, 7) is 0. The molecule has 0 unspecified atom stereocenters. The van der Waals surface area contributed by atoms with Crippen molar-refractivity contribution in [1.82, 2.24) is 0 Å². The van der Waals surface area contributed by atoms with E-state index in [1.54, 1.807) is 0 Å². The SMILES string of the molecule is O=N[O-].O=[N+]([O-])c1cccc2c(F)cccc12.[Na+]. The molecule has 18 heavy (non-hydrogen) atoms. The van der Waals surface area contributed by atoms with Gasteiger partial charge < -0.3 is 10.1 Å². The van der Waals surface area contributed by atoms with Gasteiger partial charge in [0.15, 0.2) is 0 Å². The molecule has 2 aromatic carbocycles. The summed E-state index contributed by atoms with van der Waals surface area (Å²) in [6, 6.07) is 8.65. The van der Waals surface area contributed by atoms with Gasteiger partial charge in [-0.1, -0.05) is 18.2 Å². The number of nitro groups is 1. The summed E-state index contributed by atoms with van der Waals surface area (Å²) in [5.74, 6) is -0.439. The number of rotatable bonds is 1. The van der Waals surface area contributed by atoms with Gasteiger partial charge in [0.2, 0.25) is 0 Å². The second-order valence-corrected chi connectivity index (χ2v) is 2.94. The number of halogens is 1. The Morgan fingerprint density at radius 2 is 1.61 bits per heavy atom. The summed E-state index contributed by atoms with van der Waals surface area (Å²) in [7, 11) is 0. The van der Waals surface area contributed by atoms with E-state index < -0.39 is 10.7 Å². The standard InChI is InChI=1S/C10H6FNO2.HNO2.Na/c11-9-5-1-4-8-7(9)3-2-6-10(8)12(13)14;2-1-3;/h1-6H;(H,2,3);/q;;+1/p-1. The van der Waals surface area contributed by atoms with Crippen LogP contribution in [0, 0.1) is 26.0 Å². The monoisotopic (exact) mass is 260 g/mol. The topological polar surface area (TPSA) is 95.6 Å². The Hall–Kier alpha value is -1.57. The number of nitro benzene ring substituents is 1. The zero-order valence-electron chi connectivity index (χ0n) is 9.37. The fraction of sp³-hybridized carbons (Fsp3) is 0. The van der Waals surface area contributed by atoms with Gasteiger partial charge in [-0.3, -0.25) is 10.1 Å². The van der Waals surface area contributed by atoms with Crippen molar-refractivity contribution >= 4 is 16.5 Å². The van der Waals surface area contributed by atoms with Gasteiger partial charge in [-0.2, -0.15) is 0 Å². The van der Waals surface area contributed by atoms with E-state index in [4.69, 9.17) is 10.1 Å². The van der Waals surface area contributed by atoms with Crippen LogP contribution in [0.2, 0.25) is 0 Å². The molecule has 0 N–H and O–H groups in total. The van der Waals surface area contributed by atoms with E-state index in [-0.39, 0.29) is 40.6 Å². The molecule has 0 radical (unpaired) electrons. The van der Waals surface area contributed by atoms with Crippen LogP contribution in [0.5, 0.6) is 0 Å². The summed E-state index contributed by atoms with van der Waals surface area (Å²) >= 11 is 0. The fourth-order valence-corrected chi connectivity index (χ4v) is 1.41. The van der Waals surface area contributed by atoms with E-state index >= 15 is 0 Å². The second-order valence-electron chi connectivity index (χ2n) is 2.94. The van der Waals surface area contributed by atoms with Crippen molar-refractivity contribution < 1.29 is 38.9 Å². The summed E-state index contributed by atoms with van der Waals surface area (Å²) in [5.41, 5.74) is -0.0676. The first-order valence-electron chi connectivity index (χ1n) is 4.38. The normalized spacial score (nSPS) is 8.72. The Balaban J connectivity index is 0.000000660. The van der Waals surface area contributed by atoms with Gasteiger partial charge >= 0.3 is 29.6 Å². The van der Waals surface area contributed by atoms with Gasteiger partial charge in [-0.05, 0) is 12.1 Å². The van der Waals surface area contributed by atoms with Crippen LogP contribution in [0.25, 0.3) is 10.8 Å². The molecule has 0 heterocycles. The molecule has 0 fully saturated rings. The van der Waals surface area contributed by atoms with Gasteiger partial charge in [0.1, 0.15) is 5.82 Å². The zero-order valence-corrected chi connectivity index (χ0v) is 11.4. The molecule has 6 nitrogen and oxygen atoms in total. The van der Waals surface area contributed by atoms with Crippen LogP contribution < -0.4 is 29.6 Å². The van der Waals surface area contributed by atoms with E-state index in [2.05, 4.69) is 0 Å². The van der Waals surface area contributed by atoms with Gasteiger partial charge in [-0.15, -0.1) is 5.34 Å². The van der Waals surface area contributed by atoms with E-state index in [0.717, 1.165) is 5.34 Å². The Kier molecular flexibility index (Phi) is 7.03. The summed E-state index contributed by atoms with van der Waals surface area (Å²) < 4.78 is 13.2.